The highest BCUT2D eigenvalue weighted by molar-refractivity contribution is 7.09. The second-order valence-corrected chi connectivity index (χ2v) is 3.62. The fraction of sp³-hybridized carbons (Fsp3) is 0.333. The minimum atomic E-state index is 1.08. The molecule has 0 saturated carbocycles. The summed E-state index contributed by atoms with van der Waals surface area (Å²) in [5, 5.41) is 3.81. The molecule has 1 aromatic carbocycles. The van der Waals surface area contributed by atoms with Crippen LogP contribution in [0, 0.1) is 0 Å². The molecular formula is C12H16N2S. The third-order valence-corrected chi connectivity index (χ3v) is 2.72. The van der Waals surface area contributed by atoms with Crippen LogP contribution in [0.4, 0.5) is 0 Å². The average molecular weight is 220 g/mol. The number of rotatable bonds is 2. The van der Waals surface area contributed by atoms with E-state index < -0.39 is 0 Å². The molecule has 0 spiro atoms. The Balaban J connectivity index is 0.000000531. The molecule has 0 N–H and O–H groups in total. The van der Waals surface area contributed by atoms with Gasteiger partial charge >= 0.3 is 0 Å². The third kappa shape index (κ3) is 3.13. The van der Waals surface area contributed by atoms with Crippen LogP contribution in [0.15, 0.2) is 30.5 Å². The Morgan fingerprint density at radius 2 is 1.80 bits per heavy atom. The fourth-order valence-corrected chi connectivity index (χ4v) is 1.72. The maximum Gasteiger partial charge on any atom is 0.0753 e. The topological polar surface area (TPSA) is 25.8 Å². The molecule has 2 nitrogen and oxygen atoms in total. The molecule has 3 heteroatoms. The van der Waals surface area contributed by atoms with Gasteiger partial charge in [0.15, 0.2) is 0 Å². The molecule has 1 aromatic heterocycles. The van der Waals surface area contributed by atoms with Crippen LogP contribution in [0.3, 0.4) is 0 Å². The lowest BCUT2D eigenvalue weighted by Gasteiger charge is -1.97. The van der Waals surface area contributed by atoms with Crippen LogP contribution in [-0.2, 0) is 6.42 Å². The number of aryl methyl sites for hydroxylation is 1. The number of hydrogen-bond donors (Lipinski definition) is 0. The van der Waals surface area contributed by atoms with Gasteiger partial charge < -0.3 is 0 Å². The average Bonchev–Trinajstić information content (AvgIpc) is 2.85. The molecule has 0 radical (unpaired) electrons. The van der Waals surface area contributed by atoms with E-state index in [4.69, 9.17) is 0 Å². The van der Waals surface area contributed by atoms with E-state index in [2.05, 4.69) is 40.8 Å². The van der Waals surface area contributed by atoms with Gasteiger partial charge in [-0.05, 0) is 29.1 Å². The largest absolute Gasteiger partial charge is 0.146 e. The van der Waals surface area contributed by atoms with Crippen molar-refractivity contribution >= 4 is 11.5 Å². The molecule has 0 unspecified atom stereocenters. The molecule has 80 valence electrons. The predicted octanol–water partition coefficient (Wildman–Crippen LogP) is 3.79. The molecule has 2 aromatic rings. The maximum atomic E-state index is 3.83. The molecule has 2 rings (SSSR count). The van der Waals surface area contributed by atoms with Gasteiger partial charge in [-0.15, -0.1) is 5.10 Å². The molecular weight excluding hydrogens is 204 g/mol. The zero-order valence-corrected chi connectivity index (χ0v) is 10.2. The Kier molecular flexibility index (Phi) is 4.98. The lowest BCUT2D eigenvalue weighted by molar-refractivity contribution is 1.14. The van der Waals surface area contributed by atoms with Crippen molar-refractivity contribution in [2.24, 2.45) is 0 Å². The van der Waals surface area contributed by atoms with Gasteiger partial charge in [-0.1, -0.05) is 49.5 Å². The zero-order chi connectivity index (χ0) is 11.1. The number of hydrogen-bond acceptors (Lipinski definition) is 3. The van der Waals surface area contributed by atoms with E-state index in [1.54, 1.807) is 6.20 Å². The van der Waals surface area contributed by atoms with Crippen LogP contribution in [0.25, 0.3) is 10.4 Å². The van der Waals surface area contributed by atoms with Crippen molar-refractivity contribution in [3.8, 4) is 10.4 Å². The van der Waals surface area contributed by atoms with Crippen molar-refractivity contribution in [3.05, 3.63) is 36.0 Å². The van der Waals surface area contributed by atoms with Gasteiger partial charge in [0.05, 0.1) is 11.1 Å². The van der Waals surface area contributed by atoms with Gasteiger partial charge in [-0.3, -0.25) is 0 Å². The smallest absolute Gasteiger partial charge is 0.0753 e. The van der Waals surface area contributed by atoms with Gasteiger partial charge in [0.1, 0.15) is 0 Å². The first-order valence-corrected chi connectivity index (χ1v) is 6.04. The molecule has 0 amide bonds. The van der Waals surface area contributed by atoms with Crippen molar-refractivity contribution in [1.29, 1.82) is 0 Å². The van der Waals surface area contributed by atoms with Crippen LogP contribution >= 0.6 is 11.5 Å². The van der Waals surface area contributed by atoms with Crippen molar-refractivity contribution in [3.63, 3.8) is 0 Å². The molecule has 1 heterocycles. The van der Waals surface area contributed by atoms with E-state index in [0.717, 1.165) is 11.3 Å². The Morgan fingerprint density at radius 3 is 2.27 bits per heavy atom. The summed E-state index contributed by atoms with van der Waals surface area (Å²) in [7, 11) is 0. The summed E-state index contributed by atoms with van der Waals surface area (Å²) in [6.45, 7) is 6.16. The summed E-state index contributed by atoms with van der Waals surface area (Å²) in [4.78, 5) is 1.13. The summed E-state index contributed by atoms with van der Waals surface area (Å²) in [5.41, 5.74) is 2.56. The molecule has 0 bridgehead atoms. The van der Waals surface area contributed by atoms with Crippen molar-refractivity contribution < 1.29 is 0 Å². The summed E-state index contributed by atoms with van der Waals surface area (Å²) in [6.07, 6.45) is 2.88. The van der Waals surface area contributed by atoms with Crippen LogP contribution in [0.1, 0.15) is 26.3 Å². The van der Waals surface area contributed by atoms with E-state index in [1.807, 2.05) is 13.8 Å². The molecule has 0 aliphatic heterocycles. The first kappa shape index (κ1) is 11.9. The fourth-order valence-electron chi connectivity index (χ4n) is 1.20. The lowest BCUT2D eigenvalue weighted by atomic mass is 10.1. The highest BCUT2D eigenvalue weighted by atomic mass is 32.1. The monoisotopic (exact) mass is 220 g/mol. The van der Waals surface area contributed by atoms with E-state index in [1.165, 1.54) is 22.7 Å². The van der Waals surface area contributed by atoms with E-state index >= 15 is 0 Å². The van der Waals surface area contributed by atoms with Crippen LogP contribution < -0.4 is 0 Å². The highest BCUT2D eigenvalue weighted by Gasteiger charge is 1.99. The van der Waals surface area contributed by atoms with Crippen LogP contribution in [-0.4, -0.2) is 9.59 Å². The Labute approximate surface area is 95.1 Å². The Hall–Kier alpha value is -1.22. The predicted molar refractivity (Wildman–Crippen MR) is 66.1 cm³/mol. The van der Waals surface area contributed by atoms with Crippen molar-refractivity contribution in [2.75, 3.05) is 0 Å². The second kappa shape index (κ2) is 6.30. The third-order valence-electron chi connectivity index (χ3n) is 2.01. The zero-order valence-electron chi connectivity index (χ0n) is 9.40. The van der Waals surface area contributed by atoms with Gasteiger partial charge in [0, 0.05) is 0 Å². The van der Waals surface area contributed by atoms with Crippen molar-refractivity contribution in [1.82, 2.24) is 9.59 Å². The molecule has 0 saturated heterocycles. The van der Waals surface area contributed by atoms with E-state index in [0.29, 0.717) is 0 Å². The highest BCUT2D eigenvalue weighted by Crippen LogP contribution is 2.21. The first-order chi connectivity index (χ1) is 7.40. The Bertz CT molecular complexity index is 365. The van der Waals surface area contributed by atoms with Crippen LogP contribution in [0.5, 0.6) is 0 Å². The van der Waals surface area contributed by atoms with Gasteiger partial charge in [-0.25, -0.2) is 0 Å². The van der Waals surface area contributed by atoms with E-state index in [9.17, 15) is 0 Å². The van der Waals surface area contributed by atoms with Crippen LogP contribution in [0.2, 0.25) is 0 Å². The number of aromatic nitrogens is 2. The van der Waals surface area contributed by atoms with Crippen molar-refractivity contribution in [2.45, 2.75) is 27.2 Å². The SMILES string of the molecule is CC.CCc1ccc(-c2cnns2)cc1. The van der Waals surface area contributed by atoms with E-state index in [-0.39, 0.29) is 0 Å². The second-order valence-electron chi connectivity index (χ2n) is 2.83. The number of nitrogens with zero attached hydrogens (tertiary/aromatic N) is 2. The normalized spacial score (nSPS) is 9.27. The summed E-state index contributed by atoms with van der Waals surface area (Å²) < 4.78 is 3.83. The number of benzene rings is 1. The maximum absolute atomic E-state index is 3.83. The quantitative estimate of drug-likeness (QED) is 0.769. The van der Waals surface area contributed by atoms with Gasteiger partial charge in [-0.2, -0.15) is 0 Å². The molecule has 0 aliphatic rings. The molecule has 0 atom stereocenters. The lowest BCUT2D eigenvalue weighted by Crippen LogP contribution is -1.78. The Morgan fingerprint density at radius 1 is 1.13 bits per heavy atom. The molecule has 0 aliphatic carbocycles. The molecule has 15 heavy (non-hydrogen) atoms. The van der Waals surface area contributed by atoms with Gasteiger partial charge in [0.25, 0.3) is 0 Å². The minimum absolute atomic E-state index is 1.08. The first-order valence-electron chi connectivity index (χ1n) is 5.27. The summed E-state index contributed by atoms with van der Waals surface area (Å²) in [6, 6.07) is 8.53. The standard InChI is InChI=1S/C10H10N2S.C2H6/c1-2-8-3-5-9(6-4-8)10-7-11-12-13-10;1-2/h3-7H,2H2,1H3;1-2H3. The summed E-state index contributed by atoms with van der Waals surface area (Å²) in [5.74, 6) is 0. The molecule has 0 fully saturated rings. The summed E-state index contributed by atoms with van der Waals surface area (Å²) >= 11 is 1.43. The van der Waals surface area contributed by atoms with Gasteiger partial charge in [0.2, 0.25) is 0 Å². The minimum Gasteiger partial charge on any atom is -0.146 e.